The number of nitrogens with two attached hydrogens (primary N) is 1. The van der Waals surface area contributed by atoms with E-state index < -0.39 is 0 Å². The van der Waals surface area contributed by atoms with Crippen molar-refractivity contribution < 1.29 is 14.9 Å². The Balaban J connectivity index is 1.62. The zero-order valence-electron chi connectivity index (χ0n) is 15.2. The van der Waals surface area contributed by atoms with Crippen molar-refractivity contribution in [2.24, 2.45) is 17.8 Å². The SMILES string of the molecule is CC1(C)CC(NC(=O)C2C[C@H]3CCC[C@@H](C2)C3=O)CC(C)(C)[NH2+]1. The first-order valence-corrected chi connectivity index (χ1v) is 9.36. The second-order valence-electron chi connectivity index (χ2n) is 9.63. The average Bonchev–Trinajstić information content (AvgIpc) is 2.33. The van der Waals surface area contributed by atoms with E-state index in [1.807, 2.05) is 0 Å². The van der Waals surface area contributed by atoms with Crippen LogP contribution in [0.25, 0.3) is 0 Å². The maximum atomic E-state index is 12.8. The number of carbonyl (C=O) groups excluding carboxylic acids is 2. The largest absolute Gasteiger partial charge is 0.353 e. The molecule has 3 rings (SSSR count). The van der Waals surface area contributed by atoms with Gasteiger partial charge in [-0.3, -0.25) is 9.59 Å². The van der Waals surface area contributed by atoms with Crippen molar-refractivity contribution >= 4 is 11.7 Å². The highest BCUT2D eigenvalue weighted by Crippen LogP contribution is 2.40. The highest BCUT2D eigenvalue weighted by Gasteiger charge is 2.44. The van der Waals surface area contributed by atoms with Gasteiger partial charge in [0.1, 0.15) is 5.78 Å². The Kier molecular flexibility index (Phi) is 4.33. The Morgan fingerprint density at radius 2 is 1.57 bits per heavy atom. The summed E-state index contributed by atoms with van der Waals surface area (Å²) in [5, 5.41) is 5.77. The number of piperidine rings is 1. The summed E-state index contributed by atoms with van der Waals surface area (Å²) < 4.78 is 0. The molecule has 0 radical (unpaired) electrons. The number of ketones is 1. The molecule has 4 nitrogen and oxygen atoms in total. The fourth-order valence-electron chi connectivity index (χ4n) is 5.63. The minimum Gasteiger partial charge on any atom is -0.353 e. The molecule has 130 valence electrons. The van der Waals surface area contributed by atoms with Gasteiger partial charge in [0.05, 0.1) is 11.1 Å². The minimum atomic E-state index is 0.0557. The molecule has 3 aliphatic rings. The lowest BCUT2D eigenvalue weighted by Crippen LogP contribution is -3.06. The summed E-state index contributed by atoms with van der Waals surface area (Å²) in [5.41, 5.74) is 0.331. The van der Waals surface area contributed by atoms with Crippen molar-refractivity contribution in [3.05, 3.63) is 0 Å². The summed E-state index contributed by atoms with van der Waals surface area (Å²) in [6.45, 7) is 9.04. The molecule has 0 aromatic heterocycles. The van der Waals surface area contributed by atoms with Crippen molar-refractivity contribution in [3.8, 4) is 0 Å². The minimum absolute atomic E-state index is 0.0557. The number of quaternary nitrogens is 1. The second kappa shape index (κ2) is 5.87. The van der Waals surface area contributed by atoms with Gasteiger partial charge in [-0.25, -0.2) is 0 Å². The maximum Gasteiger partial charge on any atom is 0.223 e. The highest BCUT2D eigenvalue weighted by atomic mass is 16.2. The zero-order valence-corrected chi connectivity index (χ0v) is 15.2. The average molecular weight is 321 g/mol. The highest BCUT2D eigenvalue weighted by molar-refractivity contribution is 5.88. The summed E-state index contributed by atoms with van der Waals surface area (Å²) in [5.74, 6) is 1.01. The first kappa shape index (κ1) is 16.9. The van der Waals surface area contributed by atoms with Gasteiger partial charge in [-0.2, -0.15) is 0 Å². The molecule has 2 bridgehead atoms. The number of nitrogens with one attached hydrogen (secondary N) is 1. The number of Topliss-reactive ketones (excluding diaryl/α,β-unsaturated/α-hetero) is 1. The van der Waals surface area contributed by atoms with Gasteiger partial charge in [0.2, 0.25) is 5.91 Å². The fourth-order valence-corrected chi connectivity index (χ4v) is 5.63. The Bertz CT molecular complexity index is 466. The number of carbonyl (C=O) groups is 2. The third-order valence-corrected chi connectivity index (χ3v) is 6.09. The fraction of sp³-hybridized carbons (Fsp3) is 0.895. The van der Waals surface area contributed by atoms with Crippen molar-refractivity contribution in [2.75, 3.05) is 0 Å². The summed E-state index contributed by atoms with van der Waals surface area (Å²) in [4.78, 5) is 25.0. The molecule has 4 heteroatoms. The second-order valence-corrected chi connectivity index (χ2v) is 9.63. The predicted octanol–water partition coefficient (Wildman–Crippen LogP) is 1.78. The molecular weight excluding hydrogens is 288 g/mol. The van der Waals surface area contributed by atoms with Crippen LogP contribution in [0, 0.1) is 17.8 Å². The maximum absolute atomic E-state index is 12.8. The summed E-state index contributed by atoms with van der Waals surface area (Å²) in [6, 6.07) is 0.259. The van der Waals surface area contributed by atoms with Crippen LogP contribution in [-0.2, 0) is 9.59 Å². The molecule has 0 spiro atoms. The van der Waals surface area contributed by atoms with Crippen LogP contribution in [-0.4, -0.2) is 28.8 Å². The molecule has 0 aromatic carbocycles. The van der Waals surface area contributed by atoms with E-state index in [0.717, 1.165) is 44.9 Å². The van der Waals surface area contributed by atoms with Crippen LogP contribution < -0.4 is 10.6 Å². The Morgan fingerprint density at radius 3 is 2.09 bits per heavy atom. The zero-order chi connectivity index (χ0) is 16.8. The van der Waals surface area contributed by atoms with Crippen LogP contribution in [0.1, 0.15) is 72.6 Å². The van der Waals surface area contributed by atoms with E-state index in [0.29, 0.717) is 5.78 Å². The summed E-state index contributed by atoms with van der Waals surface area (Å²) >= 11 is 0. The van der Waals surface area contributed by atoms with Gasteiger partial charge in [-0.05, 0) is 53.4 Å². The molecule has 1 amide bonds. The standard InChI is InChI=1S/C19H32N2O2/c1-18(2)10-15(11-19(3,4)21-18)20-17(23)14-8-12-6-5-7-13(9-14)16(12)22/h12-15,21H,5-11H2,1-4H3,(H,20,23)/p+1/t12-,13+,14?. The van der Waals surface area contributed by atoms with E-state index in [-0.39, 0.29) is 40.8 Å². The van der Waals surface area contributed by atoms with E-state index in [1.165, 1.54) is 0 Å². The molecule has 2 aliphatic carbocycles. The third kappa shape index (κ3) is 3.78. The van der Waals surface area contributed by atoms with Crippen LogP contribution >= 0.6 is 0 Å². The smallest absolute Gasteiger partial charge is 0.223 e. The number of hydrogen-bond donors (Lipinski definition) is 2. The molecule has 1 unspecified atom stereocenters. The lowest BCUT2D eigenvalue weighted by atomic mass is 9.67. The van der Waals surface area contributed by atoms with Gasteiger partial charge >= 0.3 is 0 Å². The van der Waals surface area contributed by atoms with E-state index >= 15 is 0 Å². The molecule has 23 heavy (non-hydrogen) atoms. The van der Waals surface area contributed by atoms with E-state index in [9.17, 15) is 9.59 Å². The molecule has 3 N–H and O–H groups in total. The molecule has 3 atom stereocenters. The van der Waals surface area contributed by atoms with E-state index in [1.54, 1.807) is 0 Å². The number of rotatable bonds is 2. The van der Waals surface area contributed by atoms with Crippen molar-refractivity contribution in [1.29, 1.82) is 0 Å². The number of amides is 1. The molecule has 0 aromatic rings. The van der Waals surface area contributed by atoms with Gasteiger partial charge in [-0.15, -0.1) is 0 Å². The van der Waals surface area contributed by atoms with Crippen LogP contribution in [0.3, 0.4) is 0 Å². The molecule has 1 heterocycles. The first-order valence-electron chi connectivity index (χ1n) is 9.36. The number of fused-ring (bicyclic) bond motifs is 2. The molecule has 1 aliphatic heterocycles. The quantitative estimate of drug-likeness (QED) is 0.814. The van der Waals surface area contributed by atoms with Gasteiger partial charge < -0.3 is 10.6 Å². The van der Waals surface area contributed by atoms with Crippen molar-refractivity contribution in [1.82, 2.24) is 5.32 Å². The number of hydrogen-bond acceptors (Lipinski definition) is 2. The Morgan fingerprint density at radius 1 is 1.04 bits per heavy atom. The van der Waals surface area contributed by atoms with Crippen LogP contribution in [0.15, 0.2) is 0 Å². The Hall–Kier alpha value is -0.900. The lowest BCUT2D eigenvalue weighted by molar-refractivity contribution is -0.787. The molecular formula is C19H33N2O2+. The Labute approximate surface area is 140 Å². The third-order valence-electron chi connectivity index (χ3n) is 6.09. The van der Waals surface area contributed by atoms with Crippen LogP contribution in [0.5, 0.6) is 0 Å². The van der Waals surface area contributed by atoms with Gasteiger partial charge in [-0.1, -0.05) is 6.42 Å². The van der Waals surface area contributed by atoms with Gasteiger partial charge in [0.15, 0.2) is 0 Å². The van der Waals surface area contributed by atoms with Crippen LogP contribution in [0.2, 0.25) is 0 Å². The summed E-state index contributed by atoms with van der Waals surface area (Å²) in [6.07, 6.45) is 6.76. The van der Waals surface area contributed by atoms with Crippen molar-refractivity contribution in [2.45, 2.75) is 89.8 Å². The normalized spacial score (nSPS) is 36.5. The van der Waals surface area contributed by atoms with Gasteiger partial charge in [0.25, 0.3) is 0 Å². The van der Waals surface area contributed by atoms with Gasteiger partial charge in [0, 0.05) is 36.6 Å². The topological polar surface area (TPSA) is 62.8 Å². The molecule has 3 fully saturated rings. The van der Waals surface area contributed by atoms with E-state index in [4.69, 9.17) is 0 Å². The first-order chi connectivity index (χ1) is 10.7. The predicted molar refractivity (Wildman–Crippen MR) is 89.8 cm³/mol. The monoisotopic (exact) mass is 321 g/mol. The summed E-state index contributed by atoms with van der Waals surface area (Å²) in [7, 11) is 0. The molecule has 1 saturated heterocycles. The molecule has 2 saturated carbocycles. The van der Waals surface area contributed by atoms with E-state index in [2.05, 4.69) is 38.3 Å². The van der Waals surface area contributed by atoms with Crippen molar-refractivity contribution in [3.63, 3.8) is 0 Å². The van der Waals surface area contributed by atoms with Crippen LogP contribution in [0.4, 0.5) is 0 Å². The lowest BCUT2D eigenvalue weighted by Gasteiger charge is -2.44.